The minimum Gasteiger partial charge on any atom is -0.507 e. The van der Waals surface area contributed by atoms with Crippen molar-refractivity contribution in [3.63, 3.8) is 0 Å². The first-order chi connectivity index (χ1) is 11.7. The number of phenolic OH excluding ortho intramolecular Hbond substituents is 1. The second-order valence-corrected chi connectivity index (χ2v) is 10.7. The van der Waals surface area contributed by atoms with Crippen LogP contribution >= 0.6 is 0 Å². The van der Waals surface area contributed by atoms with Crippen LogP contribution in [0.3, 0.4) is 0 Å². The van der Waals surface area contributed by atoms with Gasteiger partial charge in [-0.2, -0.15) is 0 Å². The molecule has 0 radical (unpaired) electrons. The first-order valence-corrected chi connectivity index (χ1v) is 9.66. The summed E-state index contributed by atoms with van der Waals surface area (Å²) in [6, 6.07) is 13.2. The summed E-state index contributed by atoms with van der Waals surface area (Å²) in [6.45, 7) is 19.9. The van der Waals surface area contributed by atoms with Crippen LogP contribution in [0.25, 0.3) is 0 Å². The van der Waals surface area contributed by atoms with E-state index in [-0.39, 0.29) is 16.2 Å². The van der Waals surface area contributed by atoms with Crippen LogP contribution in [0.4, 0.5) is 0 Å². The Morgan fingerprint density at radius 3 is 1.58 bits per heavy atom. The maximum Gasteiger partial charge on any atom is 0.122 e. The predicted molar refractivity (Wildman–Crippen MR) is 113 cm³/mol. The Kier molecular flexibility index (Phi) is 5.34. The largest absolute Gasteiger partial charge is 0.507 e. The van der Waals surface area contributed by atoms with Crippen molar-refractivity contribution in [3.05, 3.63) is 64.2 Å². The van der Waals surface area contributed by atoms with Gasteiger partial charge in [0.25, 0.3) is 0 Å². The van der Waals surface area contributed by atoms with Crippen LogP contribution in [0, 0.1) is 0 Å². The van der Waals surface area contributed by atoms with Crippen LogP contribution in [0.1, 0.15) is 90.1 Å². The molecule has 142 valence electrons. The molecule has 1 heteroatoms. The third kappa shape index (κ3) is 4.69. The highest BCUT2D eigenvalue weighted by molar-refractivity contribution is 5.50. The molecule has 0 fully saturated rings. The van der Waals surface area contributed by atoms with E-state index >= 15 is 0 Å². The fourth-order valence-corrected chi connectivity index (χ4v) is 3.18. The third-order valence-electron chi connectivity index (χ3n) is 5.08. The lowest BCUT2D eigenvalue weighted by atomic mass is 9.78. The van der Waals surface area contributed by atoms with Crippen molar-refractivity contribution in [2.24, 2.45) is 0 Å². The zero-order chi connectivity index (χ0) is 19.9. The first-order valence-electron chi connectivity index (χ1n) is 9.66. The van der Waals surface area contributed by atoms with Crippen molar-refractivity contribution in [2.45, 2.75) is 85.0 Å². The first kappa shape index (κ1) is 20.6. The molecule has 1 N–H and O–H groups in total. The van der Waals surface area contributed by atoms with Gasteiger partial charge in [0.1, 0.15) is 5.75 Å². The number of aromatic hydroxyl groups is 1. The molecule has 0 heterocycles. The standard InChI is InChI=1S/C25H36O/c1-23(2,3)19-12-10-17(11-13-19)14-18-15-20(24(4,5)6)16-21(22(18)26)25(7,8)9/h10-13,15-16,26H,14H2,1-9H3. The molecule has 2 aromatic rings. The topological polar surface area (TPSA) is 20.2 Å². The number of phenols is 1. The van der Waals surface area contributed by atoms with Crippen molar-refractivity contribution in [3.8, 4) is 5.75 Å². The van der Waals surface area contributed by atoms with Crippen LogP contribution in [0.5, 0.6) is 5.75 Å². The summed E-state index contributed by atoms with van der Waals surface area (Å²) >= 11 is 0. The van der Waals surface area contributed by atoms with E-state index in [4.69, 9.17) is 0 Å². The average Bonchev–Trinajstić information content (AvgIpc) is 2.46. The summed E-state index contributed by atoms with van der Waals surface area (Å²) in [5, 5.41) is 11.0. The predicted octanol–water partition coefficient (Wildman–Crippen LogP) is 6.88. The lowest BCUT2D eigenvalue weighted by molar-refractivity contribution is 0.439. The number of benzene rings is 2. The fraction of sp³-hybridized carbons (Fsp3) is 0.520. The molecule has 0 aliphatic heterocycles. The highest BCUT2D eigenvalue weighted by atomic mass is 16.3. The van der Waals surface area contributed by atoms with Gasteiger partial charge in [-0.1, -0.05) is 98.7 Å². The Bertz CT molecular complexity index is 760. The number of hydrogen-bond acceptors (Lipinski definition) is 1. The fourth-order valence-electron chi connectivity index (χ4n) is 3.18. The lowest BCUT2D eigenvalue weighted by Crippen LogP contribution is -2.17. The van der Waals surface area contributed by atoms with Gasteiger partial charge in [0.15, 0.2) is 0 Å². The second kappa shape index (κ2) is 6.76. The molecule has 0 aliphatic rings. The normalized spacial score (nSPS) is 13.1. The van der Waals surface area contributed by atoms with Crippen LogP contribution in [0.2, 0.25) is 0 Å². The van der Waals surface area contributed by atoms with Crippen molar-refractivity contribution >= 4 is 0 Å². The van der Waals surface area contributed by atoms with Gasteiger partial charge in [0.05, 0.1) is 0 Å². The monoisotopic (exact) mass is 352 g/mol. The van der Waals surface area contributed by atoms with Crippen molar-refractivity contribution in [1.82, 2.24) is 0 Å². The summed E-state index contributed by atoms with van der Waals surface area (Å²) in [5.74, 6) is 0.449. The van der Waals surface area contributed by atoms with Gasteiger partial charge >= 0.3 is 0 Å². The summed E-state index contributed by atoms with van der Waals surface area (Å²) in [7, 11) is 0. The van der Waals surface area contributed by atoms with Gasteiger partial charge < -0.3 is 5.11 Å². The lowest BCUT2D eigenvalue weighted by Gasteiger charge is -2.27. The molecule has 0 aromatic heterocycles. The highest BCUT2D eigenvalue weighted by Gasteiger charge is 2.25. The Labute approximate surface area is 160 Å². The van der Waals surface area contributed by atoms with Crippen molar-refractivity contribution < 1.29 is 5.11 Å². The number of rotatable bonds is 2. The molecule has 0 bridgehead atoms. The third-order valence-corrected chi connectivity index (χ3v) is 5.08. The maximum atomic E-state index is 11.0. The summed E-state index contributed by atoms with van der Waals surface area (Å²) < 4.78 is 0. The quantitative estimate of drug-likeness (QED) is 0.625. The summed E-state index contributed by atoms with van der Waals surface area (Å²) in [5.41, 5.74) is 6.03. The number of hydrogen-bond donors (Lipinski definition) is 1. The molecular weight excluding hydrogens is 316 g/mol. The van der Waals surface area contributed by atoms with E-state index in [1.165, 1.54) is 16.7 Å². The van der Waals surface area contributed by atoms with Gasteiger partial charge in [0, 0.05) is 6.42 Å². The van der Waals surface area contributed by atoms with Crippen LogP contribution in [-0.4, -0.2) is 5.11 Å². The molecule has 1 nitrogen and oxygen atoms in total. The van der Waals surface area contributed by atoms with Crippen molar-refractivity contribution in [1.29, 1.82) is 0 Å². The Balaban J connectivity index is 2.48. The molecular formula is C25H36O. The van der Waals surface area contributed by atoms with E-state index < -0.39 is 0 Å². The molecule has 2 rings (SSSR count). The molecule has 0 saturated carbocycles. The average molecular weight is 353 g/mol. The zero-order valence-electron chi connectivity index (χ0n) is 18.1. The summed E-state index contributed by atoms with van der Waals surface area (Å²) in [4.78, 5) is 0. The molecule has 0 spiro atoms. The highest BCUT2D eigenvalue weighted by Crippen LogP contribution is 2.38. The molecule has 0 amide bonds. The van der Waals surface area contributed by atoms with Crippen LogP contribution < -0.4 is 0 Å². The smallest absolute Gasteiger partial charge is 0.122 e. The Morgan fingerprint density at radius 2 is 1.15 bits per heavy atom. The molecule has 0 saturated heterocycles. The molecule has 0 aliphatic carbocycles. The van der Waals surface area contributed by atoms with Gasteiger partial charge in [-0.05, 0) is 44.1 Å². The minimum absolute atomic E-state index is 0.0541. The molecule has 26 heavy (non-hydrogen) atoms. The van der Waals surface area contributed by atoms with Gasteiger partial charge in [-0.3, -0.25) is 0 Å². The maximum absolute atomic E-state index is 11.0. The van der Waals surface area contributed by atoms with E-state index in [9.17, 15) is 5.11 Å². The van der Waals surface area contributed by atoms with Gasteiger partial charge in [-0.25, -0.2) is 0 Å². The van der Waals surface area contributed by atoms with E-state index in [2.05, 4.69) is 98.7 Å². The van der Waals surface area contributed by atoms with E-state index in [1.807, 2.05) is 0 Å². The van der Waals surface area contributed by atoms with Crippen LogP contribution in [0.15, 0.2) is 36.4 Å². The Morgan fingerprint density at radius 1 is 0.654 bits per heavy atom. The summed E-state index contributed by atoms with van der Waals surface area (Å²) in [6.07, 6.45) is 0.753. The van der Waals surface area contributed by atoms with E-state index in [0.717, 1.165) is 17.5 Å². The SMILES string of the molecule is CC(C)(C)c1ccc(Cc2cc(C(C)(C)C)cc(C(C)(C)C)c2O)cc1. The van der Waals surface area contributed by atoms with Crippen LogP contribution in [-0.2, 0) is 22.7 Å². The second-order valence-electron chi connectivity index (χ2n) is 10.7. The van der Waals surface area contributed by atoms with E-state index in [0.29, 0.717) is 5.75 Å². The van der Waals surface area contributed by atoms with E-state index in [1.54, 1.807) is 0 Å². The Hall–Kier alpha value is -1.76. The molecule has 0 unspecified atom stereocenters. The van der Waals surface area contributed by atoms with Gasteiger partial charge in [0.2, 0.25) is 0 Å². The zero-order valence-corrected chi connectivity index (χ0v) is 18.1. The minimum atomic E-state index is -0.0871. The van der Waals surface area contributed by atoms with Crippen molar-refractivity contribution in [2.75, 3.05) is 0 Å². The molecule has 2 aromatic carbocycles. The van der Waals surface area contributed by atoms with Gasteiger partial charge in [-0.15, -0.1) is 0 Å². The molecule has 0 atom stereocenters.